The molecule has 2 amide bonds. The topological polar surface area (TPSA) is 61.9 Å². The van der Waals surface area contributed by atoms with Gasteiger partial charge in [-0.05, 0) is 73.2 Å². The molecular weight excluding hydrogens is 426 g/mol. The predicted molar refractivity (Wildman–Crippen MR) is 136 cm³/mol. The molecule has 0 radical (unpaired) electrons. The monoisotopic (exact) mass is 463 g/mol. The highest BCUT2D eigenvalue weighted by Gasteiger charge is 2.28. The van der Waals surface area contributed by atoms with Crippen molar-refractivity contribution in [1.29, 1.82) is 0 Å². The van der Waals surface area contributed by atoms with Crippen molar-refractivity contribution in [3.05, 3.63) is 59.2 Å². The summed E-state index contributed by atoms with van der Waals surface area (Å²) in [5, 5.41) is 3.03. The molecular formula is C28H37N3O3. The van der Waals surface area contributed by atoms with Crippen LogP contribution in [0.25, 0.3) is 0 Å². The van der Waals surface area contributed by atoms with E-state index in [9.17, 15) is 9.59 Å². The number of amides is 2. The number of carbonyl (C=O) groups excluding carboxylic acids is 2. The van der Waals surface area contributed by atoms with E-state index in [0.717, 1.165) is 43.1 Å². The number of benzene rings is 2. The molecule has 0 unspecified atom stereocenters. The highest BCUT2D eigenvalue weighted by atomic mass is 16.5. The Morgan fingerprint density at radius 2 is 1.79 bits per heavy atom. The van der Waals surface area contributed by atoms with E-state index in [-0.39, 0.29) is 23.8 Å². The summed E-state index contributed by atoms with van der Waals surface area (Å²) in [5.41, 5.74) is 3.64. The van der Waals surface area contributed by atoms with Gasteiger partial charge in [-0.2, -0.15) is 0 Å². The molecule has 2 aliphatic rings. The lowest BCUT2D eigenvalue weighted by Crippen LogP contribution is -2.38. The summed E-state index contributed by atoms with van der Waals surface area (Å²) in [6.45, 7) is 10.9. The van der Waals surface area contributed by atoms with Gasteiger partial charge in [0.15, 0.2) is 6.61 Å². The molecule has 0 bridgehead atoms. The zero-order valence-corrected chi connectivity index (χ0v) is 20.7. The molecule has 6 heteroatoms. The van der Waals surface area contributed by atoms with Crippen molar-refractivity contribution in [2.75, 3.05) is 37.7 Å². The maximum absolute atomic E-state index is 12.7. The largest absolute Gasteiger partial charge is 0.482 e. The first kappa shape index (κ1) is 24.3. The van der Waals surface area contributed by atoms with E-state index in [2.05, 4.69) is 43.1 Å². The fourth-order valence-electron chi connectivity index (χ4n) is 4.56. The number of nitrogens with zero attached hydrogens (tertiary/aromatic N) is 2. The van der Waals surface area contributed by atoms with Gasteiger partial charge in [-0.1, -0.05) is 45.4 Å². The SMILES string of the molecule is CCC(C)(C)c1ccc2c(c1)N(Cc1ccc(C(=O)NCCN3CCCCC3)cc1)C(=O)CO2. The number of rotatable bonds is 8. The first-order valence-electron chi connectivity index (χ1n) is 12.5. The van der Waals surface area contributed by atoms with Gasteiger partial charge >= 0.3 is 0 Å². The van der Waals surface area contributed by atoms with Gasteiger partial charge in [0.1, 0.15) is 5.75 Å². The Morgan fingerprint density at radius 1 is 1.06 bits per heavy atom. The van der Waals surface area contributed by atoms with Crippen molar-refractivity contribution < 1.29 is 14.3 Å². The maximum atomic E-state index is 12.7. The van der Waals surface area contributed by atoms with Crippen LogP contribution in [-0.2, 0) is 16.8 Å². The minimum atomic E-state index is -0.0570. The van der Waals surface area contributed by atoms with Gasteiger partial charge in [0.2, 0.25) is 0 Å². The van der Waals surface area contributed by atoms with E-state index in [0.29, 0.717) is 18.7 Å². The van der Waals surface area contributed by atoms with Gasteiger partial charge in [-0.3, -0.25) is 9.59 Å². The summed E-state index contributed by atoms with van der Waals surface area (Å²) >= 11 is 0. The van der Waals surface area contributed by atoms with Crippen LogP contribution in [0.1, 0.15) is 67.9 Å². The molecule has 1 fully saturated rings. The number of ether oxygens (including phenoxy) is 1. The van der Waals surface area contributed by atoms with Crippen LogP contribution in [0.2, 0.25) is 0 Å². The van der Waals surface area contributed by atoms with Crippen molar-refractivity contribution in [3.8, 4) is 5.75 Å². The molecule has 0 aliphatic carbocycles. The van der Waals surface area contributed by atoms with Crippen molar-refractivity contribution in [3.63, 3.8) is 0 Å². The number of hydrogen-bond donors (Lipinski definition) is 1. The van der Waals surface area contributed by atoms with Crippen LogP contribution >= 0.6 is 0 Å². The van der Waals surface area contributed by atoms with E-state index in [1.165, 1.54) is 24.8 Å². The smallest absolute Gasteiger partial charge is 0.265 e. The second-order valence-corrected chi connectivity index (χ2v) is 10.0. The molecule has 0 spiro atoms. The quantitative estimate of drug-likeness (QED) is 0.626. The molecule has 2 aromatic carbocycles. The van der Waals surface area contributed by atoms with Crippen molar-refractivity contribution in [2.24, 2.45) is 0 Å². The Balaban J connectivity index is 1.40. The zero-order valence-electron chi connectivity index (χ0n) is 20.7. The summed E-state index contributed by atoms with van der Waals surface area (Å²) in [7, 11) is 0. The lowest BCUT2D eigenvalue weighted by atomic mass is 9.82. The normalized spacial score (nSPS) is 16.7. The third kappa shape index (κ3) is 5.61. The molecule has 0 aromatic heterocycles. The average molecular weight is 464 g/mol. The third-order valence-electron chi connectivity index (χ3n) is 7.29. The highest BCUT2D eigenvalue weighted by molar-refractivity contribution is 5.98. The summed E-state index contributed by atoms with van der Waals surface area (Å²) in [6, 6.07) is 13.7. The number of hydrogen-bond acceptors (Lipinski definition) is 4. The van der Waals surface area contributed by atoms with Crippen molar-refractivity contribution >= 4 is 17.5 Å². The fourth-order valence-corrected chi connectivity index (χ4v) is 4.56. The van der Waals surface area contributed by atoms with Gasteiger partial charge < -0.3 is 19.9 Å². The Bertz CT molecular complexity index is 1010. The molecule has 1 N–H and O–H groups in total. The van der Waals surface area contributed by atoms with E-state index in [1.807, 2.05) is 30.3 Å². The maximum Gasteiger partial charge on any atom is 0.265 e. The number of fused-ring (bicyclic) bond motifs is 1. The molecule has 2 aliphatic heterocycles. The number of likely N-dealkylation sites (tertiary alicyclic amines) is 1. The highest BCUT2D eigenvalue weighted by Crippen LogP contribution is 2.38. The first-order chi connectivity index (χ1) is 16.4. The predicted octanol–water partition coefficient (Wildman–Crippen LogP) is 4.52. The van der Waals surface area contributed by atoms with Gasteiger partial charge in [-0.15, -0.1) is 0 Å². The molecule has 182 valence electrons. The summed E-state index contributed by atoms with van der Waals surface area (Å²) < 4.78 is 5.69. The lowest BCUT2D eigenvalue weighted by Gasteiger charge is -2.32. The molecule has 0 atom stereocenters. The van der Waals surface area contributed by atoms with Crippen LogP contribution in [0.3, 0.4) is 0 Å². The van der Waals surface area contributed by atoms with Crippen LogP contribution in [0.4, 0.5) is 5.69 Å². The van der Waals surface area contributed by atoms with Crippen LogP contribution in [0, 0.1) is 0 Å². The van der Waals surface area contributed by atoms with Gasteiger partial charge in [0.05, 0.1) is 12.2 Å². The Hall–Kier alpha value is -2.86. The molecule has 6 nitrogen and oxygen atoms in total. The first-order valence-corrected chi connectivity index (χ1v) is 12.5. The minimum Gasteiger partial charge on any atom is -0.482 e. The number of piperidine rings is 1. The van der Waals surface area contributed by atoms with Crippen LogP contribution in [-0.4, -0.2) is 49.5 Å². The third-order valence-corrected chi connectivity index (χ3v) is 7.29. The second kappa shape index (κ2) is 10.6. The molecule has 1 saturated heterocycles. The number of nitrogens with one attached hydrogen (secondary N) is 1. The van der Waals surface area contributed by atoms with E-state index in [1.54, 1.807) is 4.90 Å². The van der Waals surface area contributed by atoms with Crippen LogP contribution in [0.15, 0.2) is 42.5 Å². The number of carbonyl (C=O) groups is 2. The lowest BCUT2D eigenvalue weighted by molar-refractivity contribution is -0.121. The fraction of sp³-hybridized carbons (Fsp3) is 0.500. The minimum absolute atomic E-state index is 0.0181. The van der Waals surface area contributed by atoms with E-state index >= 15 is 0 Å². The Labute approximate surface area is 203 Å². The van der Waals surface area contributed by atoms with Crippen LogP contribution in [0.5, 0.6) is 5.75 Å². The van der Waals surface area contributed by atoms with Gasteiger partial charge in [-0.25, -0.2) is 0 Å². The zero-order chi connectivity index (χ0) is 24.1. The molecule has 2 heterocycles. The van der Waals surface area contributed by atoms with E-state index < -0.39 is 0 Å². The van der Waals surface area contributed by atoms with Gasteiger partial charge in [0, 0.05) is 18.7 Å². The number of anilines is 1. The molecule has 0 saturated carbocycles. The van der Waals surface area contributed by atoms with Crippen LogP contribution < -0.4 is 15.0 Å². The summed E-state index contributed by atoms with van der Waals surface area (Å²) in [6.07, 6.45) is 4.82. The van der Waals surface area contributed by atoms with Crippen molar-refractivity contribution in [2.45, 2.75) is 58.4 Å². The summed E-state index contributed by atoms with van der Waals surface area (Å²) in [4.78, 5) is 29.5. The van der Waals surface area contributed by atoms with Crippen molar-refractivity contribution in [1.82, 2.24) is 10.2 Å². The summed E-state index contributed by atoms with van der Waals surface area (Å²) in [5.74, 6) is 0.626. The second-order valence-electron chi connectivity index (χ2n) is 10.0. The molecule has 34 heavy (non-hydrogen) atoms. The molecule has 2 aromatic rings. The van der Waals surface area contributed by atoms with Gasteiger partial charge in [0.25, 0.3) is 11.8 Å². The standard InChI is InChI=1S/C28H37N3O3/c1-4-28(2,3)23-12-13-25-24(18-23)31(26(32)20-34-25)19-21-8-10-22(11-9-21)27(33)29-14-17-30-15-6-5-7-16-30/h8-13,18H,4-7,14-17,19-20H2,1-3H3,(H,29,33). The average Bonchev–Trinajstić information content (AvgIpc) is 2.86. The van der Waals surface area contributed by atoms with E-state index in [4.69, 9.17) is 4.74 Å². The Morgan fingerprint density at radius 3 is 2.50 bits per heavy atom. The Kier molecular flexibility index (Phi) is 7.57. The molecule has 4 rings (SSSR count).